The molecule has 0 saturated heterocycles. The van der Waals surface area contributed by atoms with E-state index in [2.05, 4.69) is 0 Å². The van der Waals surface area contributed by atoms with E-state index >= 15 is 0 Å². The number of benzene rings is 1. The molecule has 0 spiro atoms. The van der Waals surface area contributed by atoms with Crippen molar-refractivity contribution >= 4 is 0 Å². The number of rotatable bonds is 5. The average Bonchev–Trinajstić information content (AvgIpc) is 2.53. The molecule has 0 aliphatic heterocycles. The lowest BCUT2D eigenvalue weighted by atomic mass is 9.81. The van der Waals surface area contributed by atoms with Crippen LogP contribution in [0.2, 0.25) is 0 Å². The Labute approximate surface area is 121 Å². The molecule has 4 heteroatoms. The topological polar surface area (TPSA) is 53.7 Å². The summed E-state index contributed by atoms with van der Waals surface area (Å²) < 4.78 is 16.1. The Balaban J connectivity index is 2.30. The van der Waals surface area contributed by atoms with Gasteiger partial charge in [0.15, 0.2) is 11.5 Å². The maximum absolute atomic E-state index is 6.46. The van der Waals surface area contributed by atoms with Crippen LogP contribution in [0.3, 0.4) is 0 Å². The van der Waals surface area contributed by atoms with Crippen LogP contribution in [0.25, 0.3) is 0 Å². The third kappa shape index (κ3) is 3.01. The molecule has 1 saturated carbocycles. The molecule has 1 fully saturated rings. The monoisotopic (exact) mass is 279 g/mol. The second kappa shape index (κ2) is 6.84. The van der Waals surface area contributed by atoms with Gasteiger partial charge in [-0.2, -0.15) is 0 Å². The van der Waals surface area contributed by atoms with Crippen LogP contribution in [-0.4, -0.2) is 21.3 Å². The Morgan fingerprint density at radius 3 is 1.95 bits per heavy atom. The molecule has 0 aromatic heterocycles. The summed E-state index contributed by atoms with van der Waals surface area (Å²) in [7, 11) is 4.88. The summed E-state index contributed by atoms with van der Waals surface area (Å²) in [5.41, 5.74) is 7.52. The van der Waals surface area contributed by atoms with E-state index in [4.69, 9.17) is 19.9 Å². The average molecular weight is 279 g/mol. The summed E-state index contributed by atoms with van der Waals surface area (Å²) in [6.07, 6.45) is 6.31. The summed E-state index contributed by atoms with van der Waals surface area (Å²) >= 11 is 0. The van der Waals surface area contributed by atoms with Crippen LogP contribution in [0, 0.1) is 5.92 Å². The fourth-order valence-electron chi connectivity index (χ4n) is 3.06. The highest BCUT2D eigenvalue weighted by atomic mass is 16.5. The van der Waals surface area contributed by atoms with Crippen LogP contribution in [0.15, 0.2) is 12.1 Å². The molecule has 2 N–H and O–H groups in total. The highest BCUT2D eigenvalue weighted by Crippen LogP contribution is 2.42. The molecule has 1 atom stereocenters. The number of nitrogens with two attached hydrogens (primary N) is 1. The molecule has 0 unspecified atom stereocenters. The minimum Gasteiger partial charge on any atom is -0.493 e. The zero-order valence-corrected chi connectivity index (χ0v) is 12.6. The number of ether oxygens (including phenoxy) is 3. The standard InChI is InChI=1S/C16H25NO3/c1-18-13-9-12(10-14(19-2)16(13)20-3)15(17)11-7-5-4-6-8-11/h9-11,15H,4-8,17H2,1-3H3/t15-/m1/s1. The smallest absolute Gasteiger partial charge is 0.203 e. The van der Waals surface area contributed by atoms with Crippen LogP contribution in [0.5, 0.6) is 17.2 Å². The molecule has 0 amide bonds. The van der Waals surface area contributed by atoms with Crippen LogP contribution in [0.1, 0.15) is 43.7 Å². The van der Waals surface area contributed by atoms with E-state index < -0.39 is 0 Å². The molecule has 20 heavy (non-hydrogen) atoms. The van der Waals surface area contributed by atoms with Crippen molar-refractivity contribution in [3.8, 4) is 17.2 Å². The minimum absolute atomic E-state index is 0.0315. The molecule has 112 valence electrons. The Kier molecular flexibility index (Phi) is 5.12. The fraction of sp³-hybridized carbons (Fsp3) is 0.625. The first-order valence-corrected chi connectivity index (χ1v) is 7.26. The SMILES string of the molecule is COc1cc([C@H](N)C2CCCCC2)cc(OC)c1OC. The second-order valence-corrected chi connectivity index (χ2v) is 5.38. The zero-order valence-electron chi connectivity index (χ0n) is 12.6. The van der Waals surface area contributed by atoms with Gasteiger partial charge in [-0.25, -0.2) is 0 Å². The van der Waals surface area contributed by atoms with Crippen molar-refractivity contribution in [2.75, 3.05) is 21.3 Å². The van der Waals surface area contributed by atoms with Crippen molar-refractivity contribution in [1.29, 1.82) is 0 Å². The van der Waals surface area contributed by atoms with Crippen LogP contribution in [0.4, 0.5) is 0 Å². The molecular formula is C16H25NO3. The molecule has 2 rings (SSSR count). The van der Waals surface area contributed by atoms with Gasteiger partial charge < -0.3 is 19.9 Å². The van der Waals surface area contributed by atoms with E-state index in [9.17, 15) is 0 Å². The van der Waals surface area contributed by atoms with Crippen molar-refractivity contribution in [1.82, 2.24) is 0 Å². The maximum Gasteiger partial charge on any atom is 0.203 e. The Bertz CT molecular complexity index is 416. The molecule has 0 radical (unpaired) electrons. The van der Waals surface area contributed by atoms with Gasteiger partial charge in [0.25, 0.3) is 0 Å². The third-order valence-electron chi connectivity index (χ3n) is 4.23. The van der Waals surface area contributed by atoms with Crippen LogP contribution in [-0.2, 0) is 0 Å². The van der Waals surface area contributed by atoms with Crippen molar-refractivity contribution in [2.45, 2.75) is 38.1 Å². The molecule has 1 aromatic carbocycles. The van der Waals surface area contributed by atoms with Gasteiger partial charge in [-0.05, 0) is 36.5 Å². The largest absolute Gasteiger partial charge is 0.493 e. The maximum atomic E-state index is 6.46. The second-order valence-electron chi connectivity index (χ2n) is 5.38. The van der Waals surface area contributed by atoms with Crippen LogP contribution < -0.4 is 19.9 Å². The highest BCUT2D eigenvalue weighted by molar-refractivity contribution is 5.54. The summed E-state index contributed by atoms with van der Waals surface area (Å²) in [6, 6.07) is 3.98. The van der Waals surface area contributed by atoms with Gasteiger partial charge in [0.05, 0.1) is 21.3 Å². The van der Waals surface area contributed by atoms with E-state index in [-0.39, 0.29) is 6.04 Å². The lowest BCUT2D eigenvalue weighted by Gasteiger charge is -2.28. The Morgan fingerprint density at radius 1 is 0.950 bits per heavy atom. The molecule has 4 nitrogen and oxygen atoms in total. The normalized spacial score (nSPS) is 17.6. The van der Waals surface area contributed by atoms with Crippen molar-refractivity contribution < 1.29 is 14.2 Å². The first kappa shape index (κ1) is 15.0. The summed E-state index contributed by atoms with van der Waals surface area (Å²) in [4.78, 5) is 0. The van der Waals surface area contributed by atoms with Gasteiger partial charge in [-0.3, -0.25) is 0 Å². The highest BCUT2D eigenvalue weighted by Gasteiger charge is 2.24. The molecule has 1 aromatic rings. The lowest BCUT2D eigenvalue weighted by molar-refractivity contribution is 0.302. The molecule has 1 aliphatic rings. The first-order chi connectivity index (χ1) is 9.71. The van der Waals surface area contributed by atoms with E-state index in [0.717, 1.165) is 5.56 Å². The van der Waals surface area contributed by atoms with Crippen molar-refractivity contribution in [2.24, 2.45) is 11.7 Å². The van der Waals surface area contributed by atoms with E-state index in [0.29, 0.717) is 23.2 Å². The van der Waals surface area contributed by atoms with Gasteiger partial charge >= 0.3 is 0 Å². The van der Waals surface area contributed by atoms with E-state index in [1.165, 1.54) is 32.1 Å². The first-order valence-electron chi connectivity index (χ1n) is 7.26. The zero-order chi connectivity index (χ0) is 14.5. The quantitative estimate of drug-likeness (QED) is 0.898. The van der Waals surface area contributed by atoms with Gasteiger partial charge in [0.1, 0.15) is 0 Å². The van der Waals surface area contributed by atoms with Crippen LogP contribution >= 0.6 is 0 Å². The predicted molar refractivity (Wildman–Crippen MR) is 79.6 cm³/mol. The van der Waals surface area contributed by atoms with E-state index in [1.807, 2.05) is 12.1 Å². The molecule has 0 bridgehead atoms. The Morgan fingerprint density at radius 2 is 1.50 bits per heavy atom. The molecule has 0 heterocycles. The predicted octanol–water partition coefficient (Wildman–Crippen LogP) is 3.29. The number of methoxy groups -OCH3 is 3. The third-order valence-corrected chi connectivity index (χ3v) is 4.23. The van der Waals surface area contributed by atoms with Crippen molar-refractivity contribution in [3.05, 3.63) is 17.7 Å². The summed E-state index contributed by atoms with van der Waals surface area (Å²) in [5, 5.41) is 0. The number of hydrogen-bond donors (Lipinski definition) is 1. The minimum atomic E-state index is 0.0315. The van der Waals surface area contributed by atoms with Gasteiger partial charge in [-0.15, -0.1) is 0 Å². The van der Waals surface area contributed by atoms with Crippen molar-refractivity contribution in [3.63, 3.8) is 0 Å². The van der Waals surface area contributed by atoms with Gasteiger partial charge in [0, 0.05) is 6.04 Å². The van der Waals surface area contributed by atoms with Gasteiger partial charge in [0.2, 0.25) is 5.75 Å². The van der Waals surface area contributed by atoms with E-state index in [1.54, 1.807) is 21.3 Å². The Hall–Kier alpha value is -1.42. The molecular weight excluding hydrogens is 254 g/mol. The fourth-order valence-corrected chi connectivity index (χ4v) is 3.06. The number of hydrogen-bond acceptors (Lipinski definition) is 4. The lowest BCUT2D eigenvalue weighted by Crippen LogP contribution is -2.23. The summed E-state index contributed by atoms with van der Waals surface area (Å²) in [5.74, 6) is 2.52. The van der Waals surface area contributed by atoms with Gasteiger partial charge in [-0.1, -0.05) is 19.3 Å². The molecule has 1 aliphatic carbocycles. The summed E-state index contributed by atoms with van der Waals surface area (Å²) in [6.45, 7) is 0.